The highest BCUT2D eigenvalue weighted by Gasteiger charge is 2.25. The van der Waals surface area contributed by atoms with Crippen molar-refractivity contribution >= 4 is 17.0 Å². The summed E-state index contributed by atoms with van der Waals surface area (Å²) in [5, 5.41) is 7.11. The van der Waals surface area contributed by atoms with Crippen LogP contribution in [0.25, 0.3) is 11.1 Å². The zero-order chi connectivity index (χ0) is 15.6. The molecule has 0 saturated carbocycles. The predicted molar refractivity (Wildman–Crippen MR) is 82.6 cm³/mol. The normalized spacial score (nSPS) is 17.1. The van der Waals surface area contributed by atoms with E-state index in [4.69, 9.17) is 4.42 Å². The number of carbonyl (C=O) groups is 1. The summed E-state index contributed by atoms with van der Waals surface area (Å²) < 4.78 is 7.46. The molecule has 7 nitrogen and oxygen atoms in total. The second-order valence-corrected chi connectivity index (χ2v) is 5.71. The molecule has 7 heteroatoms. The van der Waals surface area contributed by atoms with Crippen molar-refractivity contribution in [1.82, 2.24) is 25.1 Å². The fourth-order valence-electron chi connectivity index (χ4n) is 2.92. The Kier molecular flexibility index (Phi) is 3.53. The van der Waals surface area contributed by atoms with Crippen molar-refractivity contribution in [2.75, 3.05) is 6.54 Å². The molecule has 23 heavy (non-hydrogen) atoms. The van der Waals surface area contributed by atoms with Crippen LogP contribution in [0.4, 0.5) is 0 Å². The number of aromatic nitrogens is 4. The van der Waals surface area contributed by atoms with Gasteiger partial charge < -0.3 is 9.73 Å². The Hall–Kier alpha value is -2.70. The molecule has 1 aliphatic rings. The highest BCUT2D eigenvalue weighted by atomic mass is 16.3. The lowest BCUT2D eigenvalue weighted by Crippen LogP contribution is -2.37. The lowest BCUT2D eigenvalue weighted by atomic mass is 9.99. The number of oxazole rings is 1. The zero-order valence-corrected chi connectivity index (χ0v) is 12.6. The van der Waals surface area contributed by atoms with E-state index in [2.05, 4.69) is 20.4 Å². The molecule has 1 N–H and O–H groups in total. The van der Waals surface area contributed by atoms with Crippen LogP contribution in [0.5, 0.6) is 0 Å². The van der Waals surface area contributed by atoms with Crippen LogP contribution < -0.4 is 5.32 Å². The molecule has 0 radical (unpaired) electrons. The molecule has 1 aliphatic heterocycles. The Labute approximate surface area is 132 Å². The number of benzene rings is 1. The molecule has 0 saturated heterocycles. The Morgan fingerprint density at radius 1 is 1.39 bits per heavy atom. The molecule has 0 spiro atoms. The van der Waals surface area contributed by atoms with Crippen molar-refractivity contribution in [2.24, 2.45) is 5.92 Å². The van der Waals surface area contributed by atoms with Gasteiger partial charge in [-0.25, -0.2) is 14.6 Å². The van der Waals surface area contributed by atoms with Gasteiger partial charge in [0.2, 0.25) is 5.91 Å². The lowest BCUT2D eigenvalue weighted by Gasteiger charge is -2.21. The van der Waals surface area contributed by atoms with Gasteiger partial charge in [-0.2, -0.15) is 5.10 Å². The summed E-state index contributed by atoms with van der Waals surface area (Å²) in [6.45, 7) is 1.12. The summed E-state index contributed by atoms with van der Waals surface area (Å²) in [5.41, 5.74) is 1.62. The van der Waals surface area contributed by atoms with Gasteiger partial charge in [0, 0.05) is 19.4 Å². The first-order valence-electron chi connectivity index (χ1n) is 7.78. The summed E-state index contributed by atoms with van der Waals surface area (Å²) in [6.07, 6.45) is 3.74. The molecule has 118 valence electrons. The Morgan fingerprint density at radius 2 is 2.30 bits per heavy atom. The average Bonchev–Trinajstić information content (AvgIpc) is 3.19. The van der Waals surface area contributed by atoms with Gasteiger partial charge in [0.25, 0.3) is 0 Å². The monoisotopic (exact) mass is 311 g/mol. The number of nitrogens with one attached hydrogen (secondary N) is 1. The van der Waals surface area contributed by atoms with Gasteiger partial charge in [0.1, 0.15) is 17.7 Å². The molecular formula is C16H17N5O2. The number of carbonyl (C=O) groups excluding carboxylic acids is 1. The summed E-state index contributed by atoms with van der Waals surface area (Å²) in [5.74, 6) is 1.62. The van der Waals surface area contributed by atoms with Gasteiger partial charge in [-0.15, -0.1) is 0 Å². The Balaban J connectivity index is 1.32. The molecule has 1 amide bonds. The molecule has 1 atom stereocenters. The van der Waals surface area contributed by atoms with E-state index in [9.17, 15) is 4.79 Å². The molecule has 3 heterocycles. The van der Waals surface area contributed by atoms with Gasteiger partial charge in [-0.05, 0) is 18.6 Å². The number of hydrogen-bond donors (Lipinski definition) is 1. The number of nitrogens with zero attached hydrogens (tertiary/aromatic N) is 4. The molecule has 0 fully saturated rings. The highest BCUT2D eigenvalue weighted by Crippen LogP contribution is 2.18. The van der Waals surface area contributed by atoms with Crippen molar-refractivity contribution in [1.29, 1.82) is 0 Å². The van der Waals surface area contributed by atoms with E-state index in [0.29, 0.717) is 25.4 Å². The molecule has 3 aromatic rings. The van der Waals surface area contributed by atoms with Crippen LogP contribution in [-0.2, 0) is 24.2 Å². The fourth-order valence-corrected chi connectivity index (χ4v) is 2.92. The summed E-state index contributed by atoms with van der Waals surface area (Å²) in [6, 6.07) is 7.65. The largest absolute Gasteiger partial charge is 0.441 e. The van der Waals surface area contributed by atoms with Gasteiger partial charge >= 0.3 is 0 Å². The second-order valence-electron chi connectivity index (χ2n) is 5.71. The third-order valence-electron chi connectivity index (χ3n) is 4.15. The predicted octanol–water partition coefficient (Wildman–Crippen LogP) is 1.34. The summed E-state index contributed by atoms with van der Waals surface area (Å²) >= 11 is 0. The maximum Gasteiger partial charge on any atom is 0.225 e. The highest BCUT2D eigenvalue weighted by molar-refractivity contribution is 5.78. The molecule has 0 bridgehead atoms. The number of rotatable bonds is 4. The van der Waals surface area contributed by atoms with Crippen molar-refractivity contribution in [3.8, 4) is 0 Å². The number of para-hydroxylation sites is 2. The number of fused-ring (bicyclic) bond motifs is 2. The molecule has 4 rings (SSSR count). The van der Waals surface area contributed by atoms with Crippen molar-refractivity contribution in [3.63, 3.8) is 0 Å². The second kappa shape index (κ2) is 5.83. The average molecular weight is 311 g/mol. The summed E-state index contributed by atoms with van der Waals surface area (Å²) in [4.78, 5) is 20.8. The molecule has 2 aromatic heterocycles. The maximum absolute atomic E-state index is 12.3. The van der Waals surface area contributed by atoms with E-state index in [1.54, 1.807) is 6.33 Å². The van der Waals surface area contributed by atoms with Gasteiger partial charge in [0.05, 0.1) is 12.5 Å². The third-order valence-corrected chi connectivity index (χ3v) is 4.15. The van der Waals surface area contributed by atoms with Crippen molar-refractivity contribution in [3.05, 3.63) is 42.3 Å². The first kappa shape index (κ1) is 13.9. The topological polar surface area (TPSA) is 85.8 Å². The van der Waals surface area contributed by atoms with Crippen LogP contribution in [0.2, 0.25) is 0 Å². The lowest BCUT2D eigenvalue weighted by molar-refractivity contribution is -0.126. The van der Waals surface area contributed by atoms with E-state index in [-0.39, 0.29) is 11.8 Å². The van der Waals surface area contributed by atoms with Gasteiger partial charge in [-0.1, -0.05) is 12.1 Å². The standard InChI is InChI=1S/C16H17N5O2/c22-16(11-5-6-14-18-10-19-21(14)9-11)17-8-7-15-20-12-3-1-2-4-13(12)23-15/h1-4,10-11H,5-9H2,(H,17,22). The quantitative estimate of drug-likeness (QED) is 0.786. The first-order valence-corrected chi connectivity index (χ1v) is 7.78. The third kappa shape index (κ3) is 2.81. The number of amides is 1. The van der Waals surface area contributed by atoms with Crippen LogP contribution in [0.15, 0.2) is 35.0 Å². The van der Waals surface area contributed by atoms with E-state index < -0.39 is 0 Å². The minimum Gasteiger partial charge on any atom is -0.441 e. The van der Waals surface area contributed by atoms with Crippen molar-refractivity contribution in [2.45, 2.75) is 25.8 Å². The molecule has 0 aliphatic carbocycles. The number of hydrogen-bond acceptors (Lipinski definition) is 5. The van der Waals surface area contributed by atoms with E-state index >= 15 is 0 Å². The smallest absolute Gasteiger partial charge is 0.225 e. The molecule has 1 unspecified atom stereocenters. The molecule has 1 aromatic carbocycles. The minimum absolute atomic E-state index is 0.0483. The number of aryl methyl sites for hydroxylation is 1. The van der Waals surface area contributed by atoms with Crippen LogP contribution in [0.1, 0.15) is 18.1 Å². The van der Waals surface area contributed by atoms with E-state index in [1.807, 2.05) is 28.9 Å². The van der Waals surface area contributed by atoms with E-state index in [0.717, 1.165) is 29.8 Å². The van der Waals surface area contributed by atoms with Crippen LogP contribution in [0, 0.1) is 5.92 Å². The van der Waals surface area contributed by atoms with Gasteiger partial charge in [0.15, 0.2) is 11.5 Å². The Bertz CT molecular complexity index is 805. The van der Waals surface area contributed by atoms with Gasteiger partial charge in [-0.3, -0.25) is 4.79 Å². The van der Waals surface area contributed by atoms with Crippen molar-refractivity contribution < 1.29 is 9.21 Å². The van der Waals surface area contributed by atoms with E-state index in [1.165, 1.54) is 0 Å². The Morgan fingerprint density at radius 3 is 3.22 bits per heavy atom. The SMILES string of the molecule is O=C(NCCc1nc2ccccc2o1)C1CCc2ncnn2C1. The first-order chi connectivity index (χ1) is 11.3. The molecular weight excluding hydrogens is 294 g/mol. The summed E-state index contributed by atoms with van der Waals surface area (Å²) in [7, 11) is 0. The van der Waals surface area contributed by atoms with Crippen LogP contribution in [0.3, 0.4) is 0 Å². The van der Waals surface area contributed by atoms with Crippen LogP contribution in [-0.4, -0.2) is 32.2 Å². The maximum atomic E-state index is 12.3. The zero-order valence-electron chi connectivity index (χ0n) is 12.6. The minimum atomic E-state index is -0.0483. The van der Waals surface area contributed by atoms with Crippen LogP contribution >= 0.6 is 0 Å². The fraction of sp³-hybridized carbons (Fsp3) is 0.375.